The molecule has 122 valence electrons. The van der Waals surface area contributed by atoms with Crippen molar-refractivity contribution < 1.29 is 14.4 Å². The van der Waals surface area contributed by atoms with Crippen LogP contribution in [0.5, 0.6) is 0 Å². The maximum Gasteiger partial charge on any atom is 0.328 e. The number of hydrogen-bond acceptors (Lipinski definition) is 4. The molecule has 1 aromatic carbocycles. The number of rotatable bonds is 4. The molecule has 2 atom stereocenters. The van der Waals surface area contributed by atoms with Crippen LogP contribution in [0.3, 0.4) is 0 Å². The summed E-state index contributed by atoms with van der Waals surface area (Å²) in [7, 11) is 0. The van der Waals surface area contributed by atoms with Gasteiger partial charge in [0.1, 0.15) is 6.54 Å². The Hall–Kier alpha value is -2.41. The van der Waals surface area contributed by atoms with Crippen molar-refractivity contribution in [2.75, 3.05) is 13.1 Å². The molecule has 0 aromatic heterocycles. The average molecular weight is 316 g/mol. The minimum Gasteiger partial charge on any atom is -0.368 e. The number of primary amides is 1. The number of carbonyl (C=O) groups excluding carboxylic acids is 3. The zero-order valence-corrected chi connectivity index (χ0v) is 12.8. The first-order valence-electron chi connectivity index (χ1n) is 7.75. The van der Waals surface area contributed by atoms with Gasteiger partial charge in [-0.15, -0.1) is 0 Å². The number of fused-ring (bicyclic) bond motifs is 1. The van der Waals surface area contributed by atoms with Gasteiger partial charge in [0.15, 0.2) is 0 Å². The van der Waals surface area contributed by atoms with E-state index < -0.39 is 18.1 Å². The van der Waals surface area contributed by atoms with Crippen LogP contribution in [-0.2, 0) is 16.1 Å². The van der Waals surface area contributed by atoms with E-state index in [4.69, 9.17) is 5.73 Å². The summed E-state index contributed by atoms with van der Waals surface area (Å²) in [6, 6.07) is 8.87. The molecule has 0 radical (unpaired) electrons. The van der Waals surface area contributed by atoms with Gasteiger partial charge in [0.2, 0.25) is 11.8 Å². The van der Waals surface area contributed by atoms with Gasteiger partial charge in [-0.2, -0.15) is 0 Å². The predicted molar refractivity (Wildman–Crippen MR) is 82.8 cm³/mol. The van der Waals surface area contributed by atoms with Crippen LogP contribution in [0, 0.1) is 5.92 Å². The molecule has 4 amide bonds. The summed E-state index contributed by atoms with van der Waals surface area (Å²) in [5.74, 6) is -1.10. The first-order valence-corrected chi connectivity index (χ1v) is 7.75. The number of imide groups is 1. The molecule has 3 N–H and O–H groups in total. The molecule has 2 aliphatic heterocycles. The fraction of sp³-hybridized carbons (Fsp3) is 0.438. The standard InChI is InChI=1S/C16H20N4O3/c17-13(21)10-19-14-12(7-4-8-18-14)15(22)20(16(19)23)9-11-5-2-1-3-6-11/h1-3,5-6,12,14,18H,4,7-10H2,(H2,17,21). The van der Waals surface area contributed by atoms with Crippen LogP contribution in [0.1, 0.15) is 18.4 Å². The molecule has 0 aliphatic carbocycles. The number of benzene rings is 1. The van der Waals surface area contributed by atoms with Gasteiger partial charge in [-0.1, -0.05) is 30.3 Å². The lowest BCUT2D eigenvalue weighted by Crippen LogP contribution is -2.68. The summed E-state index contributed by atoms with van der Waals surface area (Å²) in [5.41, 5.74) is 6.15. The highest BCUT2D eigenvalue weighted by atomic mass is 16.2. The second-order valence-electron chi connectivity index (χ2n) is 5.93. The molecular weight excluding hydrogens is 296 g/mol. The third-order valence-electron chi connectivity index (χ3n) is 4.33. The number of urea groups is 1. The summed E-state index contributed by atoms with van der Waals surface area (Å²) >= 11 is 0. The number of nitrogens with zero attached hydrogens (tertiary/aromatic N) is 2. The van der Waals surface area contributed by atoms with Crippen LogP contribution in [0.2, 0.25) is 0 Å². The molecule has 1 aromatic rings. The summed E-state index contributed by atoms with van der Waals surface area (Å²) in [6.07, 6.45) is 1.12. The van der Waals surface area contributed by atoms with E-state index in [1.54, 1.807) is 0 Å². The van der Waals surface area contributed by atoms with Gasteiger partial charge in [0, 0.05) is 0 Å². The molecule has 2 unspecified atom stereocenters. The summed E-state index contributed by atoms with van der Waals surface area (Å²) in [4.78, 5) is 39.4. The highest BCUT2D eigenvalue weighted by Crippen LogP contribution is 2.28. The number of nitrogens with one attached hydrogen (secondary N) is 1. The topological polar surface area (TPSA) is 95.7 Å². The van der Waals surface area contributed by atoms with Crippen molar-refractivity contribution in [3.05, 3.63) is 35.9 Å². The van der Waals surface area contributed by atoms with E-state index in [1.165, 1.54) is 9.80 Å². The number of carbonyl (C=O) groups is 3. The molecule has 0 bridgehead atoms. The molecule has 0 spiro atoms. The van der Waals surface area contributed by atoms with Gasteiger partial charge < -0.3 is 5.73 Å². The Kier molecular flexibility index (Phi) is 4.29. The Balaban J connectivity index is 1.87. The fourth-order valence-corrected chi connectivity index (χ4v) is 3.27. The van der Waals surface area contributed by atoms with Gasteiger partial charge in [0.05, 0.1) is 18.6 Å². The summed E-state index contributed by atoms with van der Waals surface area (Å²) < 4.78 is 0. The van der Waals surface area contributed by atoms with E-state index in [9.17, 15) is 14.4 Å². The summed E-state index contributed by atoms with van der Waals surface area (Å²) in [6.45, 7) is 0.734. The largest absolute Gasteiger partial charge is 0.368 e. The van der Waals surface area contributed by atoms with Crippen LogP contribution < -0.4 is 11.1 Å². The van der Waals surface area contributed by atoms with E-state index in [2.05, 4.69) is 5.32 Å². The quantitative estimate of drug-likeness (QED) is 0.833. The van der Waals surface area contributed by atoms with Crippen molar-refractivity contribution in [2.45, 2.75) is 25.6 Å². The molecule has 23 heavy (non-hydrogen) atoms. The lowest BCUT2D eigenvalue weighted by atomic mass is 9.91. The average Bonchev–Trinajstić information content (AvgIpc) is 2.56. The molecule has 2 saturated heterocycles. The van der Waals surface area contributed by atoms with Crippen LogP contribution in [0.4, 0.5) is 4.79 Å². The molecule has 2 aliphatic rings. The van der Waals surface area contributed by atoms with Crippen LogP contribution in [0.15, 0.2) is 30.3 Å². The van der Waals surface area contributed by atoms with Crippen molar-refractivity contribution >= 4 is 17.8 Å². The predicted octanol–water partition coefficient (Wildman–Crippen LogP) is 0.262. The molecule has 0 saturated carbocycles. The van der Waals surface area contributed by atoms with E-state index in [0.29, 0.717) is 6.42 Å². The zero-order valence-electron chi connectivity index (χ0n) is 12.8. The van der Waals surface area contributed by atoms with Crippen molar-refractivity contribution in [3.63, 3.8) is 0 Å². The van der Waals surface area contributed by atoms with E-state index in [-0.39, 0.29) is 24.9 Å². The van der Waals surface area contributed by atoms with E-state index >= 15 is 0 Å². The molecule has 7 heteroatoms. The molecule has 2 heterocycles. The first kappa shape index (κ1) is 15.5. The summed E-state index contributed by atoms with van der Waals surface area (Å²) in [5, 5.41) is 3.17. The Bertz CT molecular complexity index is 619. The zero-order chi connectivity index (χ0) is 16.4. The van der Waals surface area contributed by atoms with E-state index in [1.807, 2.05) is 30.3 Å². The highest BCUT2D eigenvalue weighted by Gasteiger charge is 2.47. The van der Waals surface area contributed by atoms with Crippen LogP contribution in [-0.4, -0.2) is 46.9 Å². The third-order valence-corrected chi connectivity index (χ3v) is 4.33. The van der Waals surface area contributed by atoms with Crippen molar-refractivity contribution in [1.29, 1.82) is 0 Å². The Labute approximate surface area is 134 Å². The SMILES string of the molecule is NC(=O)CN1C(=O)N(Cc2ccccc2)C(=O)C2CCCNC21. The smallest absolute Gasteiger partial charge is 0.328 e. The van der Waals surface area contributed by atoms with Gasteiger partial charge >= 0.3 is 6.03 Å². The minimum absolute atomic E-state index is 0.184. The lowest BCUT2D eigenvalue weighted by Gasteiger charge is -2.46. The number of nitrogens with two attached hydrogens (primary N) is 1. The Morgan fingerprint density at radius 1 is 1.26 bits per heavy atom. The lowest BCUT2D eigenvalue weighted by molar-refractivity contribution is -0.143. The minimum atomic E-state index is -0.585. The normalized spacial score (nSPS) is 24.5. The van der Waals surface area contributed by atoms with Gasteiger partial charge in [0.25, 0.3) is 0 Å². The van der Waals surface area contributed by atoms with Gasteiger partial charge in [-0.05, 0) is 24.9 Å². The van der Waals surface area contributed by atoms with Gasteiger partial charge in [-0.25, -0.2) is 4.79 Å². The second-order valence-corrected chi connectivity index (χ2v) is 5.93. The maximum atomic E-state index is 12.7. The fourth-order valence-electron chi connectivity index (χ4n) is 3.27. The Morgan fingerprint density at radius 3 is 2.70 bits per heavy atom. The molecule has 3 rings (SSSR count). The number of amides is 4. The number of hydrogen-bond donors (Lipinski definition) is 2. The van der Waals surface area contributed by atoms with Gasteiger partial charge in [-0.3, -0.25) is 24.7 Å². The monoisotopic (exact) mass is 316 g/mol. The van der Waals surface area contributed by atoms with Crippen LogP contribution in [0.25, 0.3) is 0 Å². The number of piperidine rings is 1. The van der Waals surface area contributed by atoms with Crippen molar-refractivity contribution in [3.8, 4) is 0 Å². The van der Waals surface area contributed by atoms with E-state index in [0.717, 1.165) is 18.5 Å². The van der Waals surface area contributed by atoms with Crippen molar-refractivity contribution in [1.82, 2.24) is 15.1 Å². The molecule has 7 nitrogen and oxygen atoms in total. The third kappa shape index (κ3) is 3.05. The first-order chi connectivity index (χ1) is 11.1. The van der Waals surface area contributed by atoms with Crippen molar-refractivity contribution in [2.24, 2.45) is 11.7 Å². The van der Waals surface area contributed by atoms with Crippen LogP contribution >= 0.6 is 0 Å². The molecule has 2 fully saturated rings. The Morgan fingerprint density at radius 2 is 2.00 bits per heavy atom. The molecular formula is C16H20N4O3. The highest BCUT2D eigenvalue weighted by molar-refractivity contribution is 5.99. The maximum absolute atomic E-state index is 12.7. The second kappa shape index (κ2) is 6.37.